The van der Waals surface area contributed by atoms with Crippen molar-refractivity contribution < 1.29 is 19.1 Å². The van der Waals surface area contributed by atoms with Gasteiger partial charge < -0.3 is 19.7 Å². The maximum atomic E-state index is 13.7. The molecule has 1 N–H and O–H groups in total. The summed E-state index contributed by atoms with van der Waals surface area (Å²) in [5, 5.41) is 3.37. The van der Waals surface area contributed by atoms with Gasteiger partial charge in [0.25, 0.3) is 5.91 Å². The molecule has 0 saturated heterocycles. The van der Waals surface area contributed by atoms with Crippen LogP contribution in [0.5, 0.6) is 5.75 Å². The number of amides is 2. The smallest absolute Gasteiger partial charge is 0.410 e. The number of methoxy groups -OCH3 is 1. The molecule has 2 aromatic rings. The summed E-state index contributed by atoms with van der Waals surface area (Å²) in [6.45, 7) is 6.47. The predicted octanol–water partition coefficient (Wildman–Crippen LogP) is 6.11. The topological polar surface area (TPSA) is 80.8 Å². The molecule has 1 unspecified atom stereocenters. The van der Waals surface area contributed by atoms with Crippen molar-refractivity contribution in [3.8, 4) is 5.75 Å². The molecular formula is C27H31Cl2N4O4+. The SMILES string of the molecule is COc1ccc(C(=O)Nc2c(Cl)cncc2Cl)c2c1[N+](C)(C1CC1)C1=C2CN(C(=O)OC(C)(C)C)CC1. The van der Waals surface area contributed by atoms with Crippen molar-refractivity contribution >= 4 is 52.2 Å². The first-order valence-electron chi connectivity index (χ1n) is 12.3. The number of hydrogen-bond acceptors (Lipinski definition) is 5. The summed E-state index contributed by atoms with van der Waals surface area (Å²) < 4.78 is 12.1. The van der Waals surface area contributed by atoms with Crippen LogP contribution in [0.25, 0.3) is 5.57 Å². The van der Waals surface area contributed by atoms with Crippen molar-refractivity contribution in [1.82, 2.24) is 14.4 Å². The Bertz CT molecular complexity index is 1310. The number of fused-ring (bicyclic) bond motifs is 2. The first-order chi connectivity index (χ1) is 17.5. The highest BCUT2D eigenvalue weighted by Crippen LogP contribution is 2.57. The normalized spacial score (nSPS) is 20.9. The number of nitrogens with zero attached hydrogens (tertiary/aromatic N) is 3. The first kappa shape index (κ1) is 25.8. The van der Waals surface area contributed by atoms with Crippen LogP contribution in [-0.2, 0) is 4.74 Å². The van der Waals surface area contributed by atoms with Gasteiger partial charge >= 0.3 is 6.09 Å². The maximum Gasteiger partial charge on any atom is 0.410 e. The number of anilines is 1. The van der Waals surface area contributed by atoms with Gasteiger partial charge in [0.15, 0.2) is 11.4 Å². The molecule has 196 valence electrons. The van der Waals surface area contributed by atoms with Crippen molar-refractivity contribution in [2.24, 2.45) is 0 Å². The van der Waals surface area contributed by atoms with Crippen molar-refractivity contribution in [3.63, 3.8) is 0 Å². The van der Waals surface area contributed by atoms with Crippen LogP contribution in [0.15, 0.2) is 30.2 Å². The number of hydrogen-bond donors (Lipinski definition) is 1. The number of carbonyl (C=O) groups excluding carboxylic acids is 2. The third kappa shape index (κ3) is 4.45. The molecule has 10 heteroatoms. The van der Waals surface area contributed by atoms with E-state index in [-0.39, 0.29) is 22.0 Å². The van der Waals surface area contributed by atoms with E-state index in [0.29, 0.717) is 41.3 Å². The highest BCUT2D eigenvalue weighted by atomic mass is 35.5. The van der Waals surface area contributed by atoms with Crippen LogP contribution in [0.4, 0.5) is 16.2 Å². The number of pyridine rings is 1. The second kappa shape index (κ2) is 9.19. The van der Waals surface area contributed by atoms with Crippen molar-refractivity contribution in [2.75, 3.05) is 32.6 Å². The maximum absolute atomic E-state index is 13.7. The minimum Gasteiger partial charge on any atom is -0.491 e. The highest BCUT2D eigenvalue weighted by Gasteiger charge is 2.56. The number of quaternary nitrogens is 1. The monoisotopic (exact) mass is 545 g/mol. The van der Waals surface area contributed by atoms with E-state index in [1.807, 2.05) is 26.8 Å². The highest BCUT2D eigenvalue weighted by molar-refractivity contribution is 6.39. The zero-order valence-corrected chi connectivity index (χ0v) is 23.2. The van der Waals surface area contributed by atoms with Crippen LogP contribution >= 0.6 is 23.2 Å². The van der Waals surface area contributed by atoms with Crippen LogP contribution in [0, 0.1) is 0 Å². The van der Waals surface area contributed by atoms with Crippen molar-refractivity contribution in [1.29, 1.82) is 0 Å². The summed E-state index contributed by atoms with van der Waals surface area (Å²) in [6, 6.07) is 4.00. The molecule has 2 amide bonds. The standard InChI is InChI=1S/C27H30Cl2N4O4/c1-27(2,3)37-26(35)32-11-10-20-17(14-32)22-16(25(34)31-23-18(28)12-30-13-19(23)29)8-9-21(36-5)24(22)33(20,4)15-6-7-15/h8-9,12-13,15H,6-7,10-11,14H2,1-5H3/p+1. The lowest BCUT2D eigenvalue weighted by molar-refractivity contribution is 0.0267. The molecule has 5 rings (SSSR count). The molecule has 0 radical (unpaired) electrons. The molecule has 8 nitrogen and oxygen atoms in total. The number of carbonyl (C=O) groups is 2. The molecule has 1 aliphatic carbocycles. The van der Waals surface area contributed by atoms with Gasteiger partial charge in [0.05, 0.1) is 53.6 Å². The Morgan fingerprint density at radius 1 is 1.16 bits per heavy atom. The van der Waals surface area contributed by atoms with Gasteiger partial charge in [-0.15, -0.1) is 0 Å². The summed E-state index contributed by atoms with van der Waals surface area (Å²) in [5.41, 5.74) is 4.12. The number of halogens is 2. The van der Waals surface area contributed by atoms with Gasteiger partial charge in [0.1, 0.15) is 11.3 Å². The third-order valence-electron chi connectivity index (χ3n) is 7.27. The van der Waals surface area contributed by atoms with E-state index in [1.54, 1.807) is 18.1 Å². The van der Waals surface area contributed by atoms with Gasteiger partial charge in [-0.1, -0.05) is 23.2 Å². The second-order valence-corrected chi connectivity index (χ2v) is 11.7. The summed E-state index contributed by atoms with van der Waals surface area (Å²) in [5.74, 6) is 0.374. The van der Waals surface area contributed by atoms with Gasteiger partial charge in [0.2, 0.25) is 0 Å². The van der Waals surface area contributed by atoms with Crippen molar-refractivity contribution in [3.05, 3.63) is 51.4 Å². The lowest BCUT2D eigenvalue weighted by Gasteiger charge is -2.36. The number of aromatic nitrogens is 1. The fraction of sp³-hybridized carbons (Fsp3) is 0.444. The van der Waals surface area contributed by atoms with Crippen LogP contribution < -0.4 is 14.5 Å². The van der Waals surface area contributed by atoms with E-state index in [4.69, 9.17) is 32.7 Å². The Morgan fingerprint density at radius 3 is 2.43 bits per heavy atom. The minimum atomic E-state index is -0.602. The fourth-order valence-corrected chi connectivity index (χ4v) is 5.96. The molecule has 1 aromatic carbocycles. The lowest BCUT2D eigenvalue weighted by atomic mass is 9.95. The molecule has 1 fully saturated rings. The van der Waals surface area contributed by atoms with Gasteiger partial charge in [0, 0.05) is 43.8 Å². The molecule has 0 spiro atoms. The molecule has 2 aliphatic heterocycles. The molecule has 3 aliphatic rings. The van der Waals surface area contributed by atoms with E-state index in [2.05, 4.69) is 17.3 Å². The quantitative estimate of drug-likeness (QED) is 0.468. The molecule has 0 bridgehead atoms. The third-order valence-corrected chi connectivity index (χ3v) is 7.84. The summed E-state index contributed by atoms with van der Waals surface area (Å²) in [4.78, 5) is 32.4. The lowest BCUT2D eigenvalue weighted by Crippen LogP contribution is -2.48. The molecule has 1 aromatic heterocycles. The second-order valence-electron chi connectivity index (χ2n) is 10.9. The Labute approximate surface area is 226 Å². The molecule has 1 atom stereocenters. The molecule has 3 heterocycles. The number of benzene rings is 1. The van der Waals surface area contributed by atoms with Crippen LogP contribution in [0.1, 0.15) is 56.0 Å². The van der Waals surface area contributed by atoms with Crippen LogP contribution in [-0.4, -0.2) is 60.8 Å². The van der Waals surface area contributed by atoms with Crippen molar-refractivity contribution in [2.45, 2.75) is 51.7 Å². The minimum absolute atomic E-state index is 0.248. The van der Waals surface area contributed by atoms with Gasteiger partial charge in [-0.05, 0) is 32.9 Å². The number of nitrogens with one attached hydrogen (secondary N) is 1. The predicted molar refractivity (Wildman–Crippen MR) is 145 cm³/mol. The van der Waals surface area contributed by atoms with E-state index in [0.717, 1.165) is 35.4 Å². The average molecular weight is 546 g/mol. The van der Waals surface area contributed by atoms with E-state index in [9.17, 15) is 9.59 Å². The largest absolute Gasteiger partial charge is 0.491 e. The van der Waals surface area contributed by atoms with Gasteiger partial charge in [-0.2, -0.15) is 0 Å². The zero-order valence-electron chi connectivity index (χ0n) is 21.7. The van der Waals surface area contributed by atoms with E-state index >= 15 is 0 Å². The van der Waals surface area contributed by atoms with E-state index in [1.165, 1.54) is 18.1 Å². The fourth-order valence-electron chi connectivity index (χ4n) is 5.50. The molecule has 1 saturated carbocycles. The molecule has 37 heavy (non-hydrogen) atoms. The number of rotatable bonds is 4. The Balaban J connectivity index is 1.62. The number of ether oxygens (including phenoxy) is 2. The molecular weight excluding hydrogens is 515 g/mol. The zero-order chi connectivity index (χ0) is 26.7. The Morgan fingerprint density at radius 2 is 1.84 bits per heavy atom. The first-order valence-corrected chi connectivity index (χ1v) is 13.1. The summed E-state index contributed by atoms with van der Waals surface area (Å²) in [7, 11) is 3.84. The Hall–Kier alpha value is -2.81. The summed E-state index contributed by atoms with van der Waals surface area (Å²) in [6.07, 6.45) is 5.36. The Kier molecular flexibility index (Phi) is 6.41. The van der Waals surface area contributed by atoms with Crippen LogP contribution in [0.3, 0.4) is 0 Å². The van der Waals surface area contributed by atoms with Gasteiger partial charge in [-0.25, -0.2) is 4.79 Å². The average Bonchev–Trinajstić information content (AvgIpc) is 3.66. The summed E-state index contributed by atoms with van der Waals surface area (Å²) >= 11 is 12.6. The van der Waals surface area contributed by atoms with Crippen LogP contribution in [0.2, 0.25) is 10.0 Å². The van der Waals surface area contributed by atoms with Gasteiger partial charge in [-0.3, -0.25) is 14.3 Å². The van der Waals surface area contributed by atoms with E-state index < -0.39 is 5.60 Å².